The summed E-state index contributed by atoms with van der Waals surface area (Å²) < 4.78 is 27.5. The number of carbonyl (C=O) groups excluding carboxylic acids is 1. The van der Waals surface area contributed by atoms with Crippen LogP contribution in [-0.4, -0.2) is 20.4 Å². The van der Waals surface area contributed by atoms with Crippen molar-refractivity contribution in [3.8, 4) is 0 Å². The molecule has 2 rings (SSSR count). The van der Waals surface area contributed by atoms with Crippen molar-refractivity contribution in [2.45, 2.75) is 44.2 Å². The zero-order valence-electron chi connectivity index (χ0n) is 14.5. The first kappa shape index (κ1) is 19.1. The third kappa shape index (κ3) is 5.41. The van der Waals surface area contributed by atoms with Gasteiger partial charge in [-0.2, -0.15) is 0 Å². The Morgan fingerprint density at radius 1 is 1.00 bits per heavy atom. The topological polar surface area (TPSA) is 75.3 Å². The number of hydrogen-bond acceptors (Lipinski definition) is 3. The first-order chi connectivity index (χ1) is 12.0. The minimum atomic E-state index is -3.68. The molecule has 25 heavy (non-hydrogen) atoms. The maximum absolute atomic E-state index is 12.5. The second-order valence-electron chi connectivity index (χ2n) is 5.82. The minimum absolute atomic E-state index is 0.0839. The first-order valence-corrected chi connectivity index (χ1v) is 9.89. The Morgan fingerprint density at radius 3 is 2.32 bits per heavy atom. The van der Waals surface area contributed by atoms with Crippen molar-refractivity contribution in [2.24, 2.45) is 0 Å². The summed E-state index contributed by atoms with van der Waals surface area (Å²) >= 11 is 0. The molecule has 0 unspecified atom stereocenters. The van der Waals surface area contributed by atoms with Crippen LogP contribution in [0, 0.1) is 0 Å². The maximum Gasteiger partial charge on any atom is 0.251 e. The lowest BCUT2D eigenvalue weighted by molar-refractivity contribution is 0.0934. The molecule has 0 radical (unpaired) electrons. The normalized spacial score (nSPS) is 11.5. The van der Waals surface area contributed by atoms with Crippen LogP contribution in [0.25, 0.3) is 0 Å². The van der Waals surface area contributed by atoms with Gasteiger partial charge in [-0.25, -0.2) is 13.1 Å². The average Bonchev–Trinajstić information content (AvgIpc) is 2.65. The molecule has 1 amide bonds. The Balaban J connectivity index is 2.12. The highest BCUT2D eigenvalue weighted by Crippen LogP contribution is 2.13. The summed E-state index contributed by atoms with van der Waals surface area (Å²) in [6, 6.07) is 15.5. The van der Waals surface area contributed by atoms with Gasteiger partial charge in [-0.05, 0) is 36.6 Å². The molecule has 5 nitrogen and oxygen atoms in total. The van der Waals surface area contributed by atoms with Gasteiger partial charge in [0.1, 0.15) is 0 Å². The van der Waals surface area contributed by atoms with E-state index in [2.05, 4.69) is 10.0 Å². The van der Waals surface area contributed by atoms with Gasteiger partial charge in [-0.1, -0.05) is 50.2 Å². The van der Waals surface area contributed by atoms with Crippen LogP contribution in [0.5, 0.6) is 0 Å². The van der Waals surface area contributed by atoms with Crippen molar-refractivity contribution in [3.63, 3.8) is 0 Å². The molecular weight excluding hydrogens is 336 g/mol. The SMILES string of the molecule is CCC(CC)NC(=O)c1cccc(S(=O)(=O)NCc2ccccc2)c1. The fourth-order valence-electron chi connectivity index (χ4n) is 2.42. The van der Waals surface area contributed by atoms with E-state index in [1.165, 1.54) is 12.1 Å². The molecule has 0 aromatic heterocycles. The molecule has 0 spiro atoms. The molecule has 134 valence electrons. The van der Waals surface area contributed by atoms with Crippen LogP contribution in [-0.2, 0) is 16.6 Å². The van der Waals surface area contributed by atoms with Crippen LogP contribution in [0.2, 0.25) is 0 Å². The van der Waals surface area contributed by atoms with E-state index in [1.807, 2.05) is 44.2 Å². The van der Waals surface area contributed by atoms with Crippen LogP contribution in [0.15, 0.2) is 59.5 Å². The molecule has 2 aromatic carbocycles. The smallest absolute Gasteiger partial charge is 0.251 e. The fraction of sp³-hybridized carbons (Fsp3) is 0.316. The number of nitrogens with one attached hydrogen (secondary N) is 2. The van der Waals surface area contributed by atoms with Crippen LogP contribution in [0.1, 0.15) is 42.6 Å². The molecule has 0 aliphatic heterocycles. The van der Waals surface area contributed by atoms with E-state index in [0.29, 0.717) is 5.56 Å². The average molecular weight is 360 g/mol. The lowest BCUT2D eigenvalue weighted by atomic mass is 10.1. The Labute approximate surface area is 149 Å². The molecule has 6 heteroatoms. The number of carbonyl (C=O) groups is 1. The van der Waals surface area contributed by atoms with Crippen molar-refractivity contribution in [2.75, 3.05) is 0 Å². The van der Waals surface area contributed by atoms with Gasteiger partial charge in [0.15, 0.2) is 0 Å². The van der Waals surface area contributed by atoms with Crippen molar-refractivity contribution in [1.82, 2.24) is 10.0 Å². The Bertz CT molecular complexity index is 800. The Kier molecular flexibility index (Phi) is 6.73. The molecule has 2 N–H and O–H groups in total. The summed E-state index contributed by atoms with van der Waals surface area (Å²) in [6.45, 7) is 4.21. The largest absolute Gasteiger partial charge is 0.349 e. The van der Waals surface area contributed by atoms with E-state index in [1.54, 1.807) is 12.1 Å². The van der Waals surface area contributed by atoms with Gasteiger partial charge in [-0.15, -0.1) is 0 Å². The highest BCUT2D eigenvalue weighted by molar-refractivity contribution is 7.89. The second-order valence-corrected chi connectivity index (χ2v) is 7.59. The highest BCUT2D eigenvalue weighted by Gasteiger charge is 2.17. The molecule has 0 aliphatic rings. The highest BCUT2D eigenvalue weighted by atomic mass is 32.2. The summed E-state index contributed by atoms with van der Waals surface area (Å²) in [5, 5.41) is 2.91. The molecular formula is C19H24N2O3S. The van der Waals surface area contributed by atoms with Crippen LogP contribution < -0.4 is 10.0 Å². The van der Waals surface area contributed by atoms with Gasteiger partial charge in [0.2, 0.25) is 10.0 Å². The van der Waals surface area contributed by atoms with Crippen molar-refractivity contribution in [1.29, 1.82) is 0 Å². The quantitative estimate of drug-likeness (QED) is 0.760. The lowest BCUT2D eigenvalue weighted by Crippen LogP contribution is -2.34. The lowest BCUT2D eigenvalue weighted by Gasteiger charge is -2.15. The third-order valence-corrected chi connectivity index (χ3v) is 5.44. The van der Waals surface area contributed by atoms with E-state index < -0.39 is 10.0 Å². The first-order valence-electron chi connectivity index (χ1n) is 8.40. The van der Waals surface area contributed by atoms with Crippen molar-refractivity contribution < 1.29 is 13.2 Å². The minimum Gasteiger partial charge on any atom is -0.349 e. The molecule has 0 aliphatic carbocycles. The Hall–Kier alpha value is -2.18. The summed E-state index contributed by atoms with van der Waals surface area (Å²) in [5.41, 5.74) is 1.21. The number of rotatable bonds is 8. The molecule has 0 heterocycles. The van der Waals surface area contributed by atoms with Crippen molar-refractivity contribution >= 4 is 15.9 Å². The predicted molar refractivity (Wildman–Crippen MR) is 98.7 cm³/mol. The molecule has 0 fully saturated rings. The van der Waals surface area contributed by atoms with Gasteiger partial charge < -0.3 is 5.32 Å². The van der Waals surface area contributed by atoms with Crippen LogP contribution in [0.4, 0.5) is 0 Å². The number of benzene rings is 2. The van der Waals surface area contributed by atoms with Gasteiger partial charge in [0.25, 0.3) is 5.91 Å². The molecule has 0 saturated carbocycles. The van der Waals surface area contributed by atoms with Gasteiger partial charge in [-0.3, -0.25) is 4.79 Å². The predicted octanol–water partition coefficient (Wildman–Crippen LogP) is 3.08. The second kappa shape index (κ2) is 8.78. The summed E-state index contributed by atoms with van der Waals surface area (Å²) in [7, 11) is -3.68. The van der Waals surface area contributed by atoms with Crippen molar-refractivity contribution in [3.05, 3.63) is 65.7 Å². The van der Waals surface area contributed by atoms with Gasteiger partial charge in [0, 0.05) is 18.2 Å². The third-order valence-electron chi connectivity index (χ3n) is 4.04. The van der Waals surface area contributed by atoms with E-state index in [4.69, 9.17) is 0 Å². The molecule has 0 saturated heterocycles. The van der Waals surface area contributed by atoms with E-state index in [-0.39, 0.29) is 23.4 Å². The van der Waals surface area contributed by atoms with E-state index in [9.17, 15) is 13.2 Å². The Morgan fingerprint density at radius 2 is 1.68 bits per heavy atom. The molecule has 0 bridgehead atoms. The van der Waals surface area contributed by atoms with Gasteiger partial charge >= 0.3 is 0 Å². The van der Waals surface area contributed by atoms with Crippen LogP contribution in [0.3, 0.4) is 0 Å². The zero-order chi connectivity index (χ0) is 18.3. The van der Waals surface area contributed by atoms with E-state index in [0.717, 1.165) is 18.4 Å². The maximum atomic E-state index is 12.5. The monoisotopic (exact) mass is 360 g/mol. The number of amides is 1. The summed E-state index contributed by atoms with van der Waals surface area (Å²) in [5.74, 6) is -0.256. The number of sulfonamides is 1. The summed E-state index contributed by atoms with van der Waals surface area (Å²) in [4.78, 5) is 12.4. The fourth-order valence-corrected chi connectivity index (χ4v) is 3.49. The zero-order valence-corrected chi connectivity index (χ0v) is 15.3. The summed E-state index contributed by atoms with van der Waals surface area (Å²) in [6.07, 6.45) is 1.66. The molecule has 2 aromatic rings. The molecule has 0 atom stereocenters. The van der Waals surface area contributed by atoms with Gasteiger partial charge in [0.05, 0.1) is 4.90 Å². The standard InChI is InChI=1S/C19H24N2O3S/c1-3-17(4-2)21-19(22)16-11-8-12-18(13-16)25(23,24)20-14-15-9-6-5-7-10-15/h5-13,17,20H,3-4,14H2,1-2H3,(H,21,22). The van der Waals surface area contributed by atoms with Crippen LogP contribution >= 0.6 is 0 Å². The number of hydrogen-bond donors (Lipinski definition) is 2. The van der Waals surface area contributed by atoms with E-state index >= 15 is 0 Å².